The predicted octanol–water partition coefficient (Wildman–Crippen LogP) is 4.78. The number of hydrogen-bond donors (Lipinski definition) is 1. The smallest absolute Gasteiger partial charge is 0.0471 e. The van der Waals surface area contributed by atoms with E-state index in [4.69, 9.17) is 4.74 Å². The van der Waals surface area contributed by atoms with Crippen LogP contribution < -0.4 is 5.32 Å². The number of hydrogen-bond acceptors (Lipinski definition) is 2. The summed E-state index contributed by atoms with van der Waals surface area (Å²) in [6.07, 6.45) is 11.1. The van der Waals surface area contributed by atoms with Crippen LogP contribution in [0, 0.1) is 11.3 Å². The maximum absolute atomic E-state index is 5.63. The van der Waals surface area contributed by atoms with E-state index >= 15 is 0 Å². The first-order valence-corrected chi connectivity index (χ1v) is 8.93. The molecule has 2 nitrogen and oxygen atoms in total. The number of ether oxygens (including phenoxy) is 1. The summed E-state index contributed by atoms with van der Waals surface area (Å²) in [7, 11) is 0. The number of unbranched alkanes of at least 4 members (excludes halogenated alkanes) is 1. The minimum absolute atomic E-state index is 0.502. The minimum Gasteiger partial charge on any atom is -0.382 e. The molecular formula is C18H37NO. The van der Waals surface area contributed by atoms with E-state index in [1.165, 1.54) is 57.9 Å². The van der Waals surface area contributed by atoms with Crippen molar-refractivity contribution in [2.45, 2.75) is 85.1 Å². The Morgan fingerprint density at radius 2 is 1.90 bits per heavy atom. The van der Waals surface area contributed by atoms with Crippen LogP contribution >= 0.6 is 0 Å². The van der Waals surface area contributed by atoms with Crippen LogP contribution in [0.25, 0.3) is 0 Å². The Hall–Kier alpha value is -0.0800. The molecule has 0 saturated heterocycles. The molecule has 0 radical (unpaired) electrons. The highest BCUT2D eigenvalue weighted by Crippen LogP contribution is 2.42. The summed E-state index contributed by atoms with van der Waals surface area (Å²) in [5.41, 5.74) is 0.502. The lowest BCUT2D eigenvalue weighted by Crippen LogP contribution is -2.41. The second-order valence-corrected chi connectivity index (χ2v) is 7.07. The number of rotatable bonds is 10. The van der Waals surface area contributed by atoms with Gasteiger partial charge in [-0.25, -0.2) is 0 Å². The van der Waals surface area contributed by atoms with Crippen molar-refractivity contribution in [1.29, 1.82) is 0 Å². The van der Waals surface area contributed by atoms with Gasteiger partial charge in [0, 0.05) is 25.8 Å². The molecule has 0 aromatic carbocycles. The molecule has 1 N–H and O–H groups in total. The van der Waals surface area contributed by atoms with Crippen molar-refractivity contribution in [3.8, 4) is 0 Å². The lowest BCUT2D eigenvalue weighted by atomic mass is 9.67. The van der Waals surface area contributed by atoms with Gasteiger partial charge in [-0.3, -0.25) is 0 Å². The maximum atomic E-state index is 5.63. The van der Waals surface area contributed by atoms with Gasteiger partial charge in [0.2, 0.25) is 0 Å². The van der Waals surface area contributed by atoms with Gasteiger partial charge >= 0.3 is 0 Å². The summed E-state index contributed by atoms with van der Waals surface area (Å²) >= 11 is 0. The Bertz CT molecular complexity index is 232. The van der Waals surface area contributed by atoms with Crippen LogP contribution in [0.4, 0.5) is 0 Å². The normalized spacial score (nSPS) is 27.1. The van der Waals surface area contributed by atoms with Gasteiger partial charge in [0.25, 0.3) is 0 Å². The highest BCUT2D eigenvalue weighted by molar-refractivity contribution is 4.88. The largest absolute Gasteiger partial charge is 0.382 e. The zero-order chi connectivity index (χ0) is 14.8. The van der Waals surface area contributed by atoms with Gasteiger partial charge in [-0.1, -0.05) is 40.0 Å². The summed E-state index contributed by atoms with van der Waals surface area (Å²) in [5, 5.41) is 3.69. The standard InChI is InChI=1S/C18H37NO/c1-5-7-8-17-9-11-18(12-10-17,13-14-20-6-2)15-19-16(3)4/h16-17,19H,5-15H2,1-4H3. The molecule has 0 atom stereocenters. The molecule has 0 aromatic rings. The summed E-state index contributed by atoms with van der Waals surface area (Å²) in [6.45, 7) is 11.9. The molecule has 1 aliphatic carbocycles. The van der Waals surface area contributed by atoms with Crippen LogP contribution in [-0.4, -0.2) is 25.8 Å². The fraction of sp³-hybridized carbons (Fsp3) is 1.00. The van der Waals surface area contributed by atoms with E-state index in [1.54, 1.807) is 0 Å². The first-order chi connectivity index (χ1) is 9.62. The molecule has 0 aliphatic heterocycles. The summed E-state index contributed by atoms with van der Waals surface area (Å²) < 4.78 is 5.63. The van der Waals surface area contributed by atoms with Crippen molar-refractivity contribution in [2.24, 2.45) is 11.3 Å². The predicted molar refractivity (Wildman–Crippen MR) is 88.2 cm³/mol. The van der Waals surface area contributed by atoms with Gasteiger partial charge < -0.3 is 10.1 Å². The van der Waals surface area contributed by atoms with E-state index in [1.807, 2.05) is 0 Å². The average molecular weight is 284 g/mol. The third kappa shape index (κ3) is 6.58. The van der Waals surface area contributed by atoms with Crippen LogP contribution in [0.5, 0.6) is 0 Å². The van der Waals surface area contributed by atoms with Crippen molar-refractivity contribution in [2.75, 3.05) is 19.8 Å². The van der Waals surface area contributed by atoms with Gasteiger partial charge in [0.15, 0.2) is 0 Å². The molecule has 0 unspecified atom stereocenters. The van der Waals surface area contributed by atoms with Crippen LogP contribution in [0.1, 0.15) is 79.1 Å². The zero-order valence-corrected chi connectivity index (χ0v) is 14.3. The molecule has 120 valence electrons. The van der Waals surface area contributed by atoms with Crippen molar-refractivity contribution >= 4 is 0 Å². The van der Waals surface area contributed by atoms with Crippen LogP contribution in [-0.2, 0) is 4.74 Å². The minimum atomic E-state index is 0.502. The molecule has 0 spiro atoms. The lowest BCUT2D eigenvalue weighted by Gasteiger charge is -2.41. The topological polar surface area (TPSA) is 21.3 Å². The molecule has 1 aliphatic rings. The van der Waals surface area contributed by atoms with Gasteiger partial charge in [-0.2, -0.15) is 0 Å². The third-order valence-electron chi connectivity index (χ3n) is 5.00. The van der Waals surface area contributed by atoms with E-state index in [9.17, 15) is 0 Å². The Morgan fingerprint density at radius 1 is 1.20 bits per heavy atom. The first-order valence-electron chi connectivity index (χ1n) is 8.93. The fourth-order valence-corrected chi connectivity index (χ4v) is 3.44. The third-order valence-corrected chi connectivity index (χ3v) is 5.00. The molecule has 1 saturated carbocycles. The molecule has 2 heteroatoms. The van der Waals surface area contributed by atoms with E-state index in [0.717, 1.165) is 19.1 Å². The molecule has 1 rings (SSSR count). The molecule has 0 bridgehead atoms. The Labute approximate surface area is 127 Å². The van der Waals surface area contributed by atoms with Gasteiger partial charge in [-0.05, 0) is 50.4 Å². The second kappa shape index (κ2) is 9.78. The molecular weight excluding hydrogens is 246 g/mol. The van der Waals surface area contributed by atoms with Crippen molar-refractivity contribution in [3.05, 3.63) is 0 Å². The van der Waals surface area contributed by atoms with Gasteiger partial charge in [0.05, 0.1) is 0 Å². The quantitative estimate of drug-likeness (QED) is 0.583. The highest BCUT2D eigenvalue weighted by atomic mass is 16.5. The van der Waals surface area contributed by atoms with E-state index in [0.29, 0.717) is 11.5 Å². The van der Waals surface area contributed by atoms with Crippen molar-refractivity contribution in [3.63, 3.8) is 0 Å². The molecule has 20 heavy (non-hydrogen) atoms. The van der Waals surface area contributed by atoms with Crippen LogP contribution in [0.3, 0.4) is 0 Å². The maximum Gasteiger partial charge on any atom is 0.0471 e. The monoisotopic (exact) mass is 283 g/mol. The van der Waals surface area contributed by atoms with Crippen LogP contribution in [0.2, 0.25) is 0 Å². The van der Waals surface area contributed by atoms with E-state index < -0.39 is 0 Å². The molecule has 0 amide bonds. The summed E-state index contributed by atoms with van der Waals surface area (Å²) in [6, 6.07) is 0.594. The summed E-state index contributed by atoms with van der Waals surface area (Å²) in [5.74, 6) is 0.995. The van der Waals surface area contributed by atoms with Crippen LogP contribution in [0.15, 0.2) is 0 Å². The zero-order valence-electron chi connectivity index (χ0n) is 14.3. The number of nitrogens with one attached hydrogen (secondary N) is 1. The van der Waals surface area contributed by atoms with Gasteiger partial charge in [0.1, 0.15) is 0 Å². The van der Waals surface area contributed by atoms with E-state index in [2.05, 4.69) is 33.0 Å². The first kappa shape index (κ1) is 18.0. The van der Waals surface area contributed by atoms with Crippen molar-refractivity contribution in [1.82, 2.24) is 5.32 Å². The Balaban J connectivity index is 2.43. The fourth-order valence-electron chi connectivity index (χ4n) is 3.44. The molecule has 1 fully saturated rings. The Morgan fingerprint density at radius 3 is 2.45 bits per heavy atom. The van der Waals surface area contributed by atoms with E-state index in [-0.39, 0.29) is 0 Å². The highest BCUT2D eigenvalue weighted by Gasteiger charge is 2.34. The molecule has 0 heterocycles. The second-order valence-electron chi connectivity index (χ2n) is 7.07. The lowest BCUT2D eigenvalue weighted by molar-refractivity contribution is 0.0647. The van der Waals surface area contributed by atoms with Crippen molar-refractivity contribution < 1.29 is 4.74 Å². The SMILES string of the molecule is CCCCC1CCC(CCOCC)(CNC(C)C)CC1. The molecule has 0 aromatic heterocycles. The Kier molecular flexibility index (Phi) is 8.79. The average Bonchev–Trinajstić information content (AvgIpc) is 2.45. The summed E-state index contributed by atoms with van der Waals surface area (Å²) in [4.78, 5) is 0. The van der Waals surface area contributed by atoms with Gasteiger partial charge in [-0.15, -0.1) is 0 Å².